The number of benzene rings is 3. The molecule has 0 spiro atoms. The maximum absolute atomic E-state index is 14.6. The van der Waals surface area contributed by atoms with Crippen LogP contribution in [0.25, 0.3) is 11.5 Å². The van der Waals surface area contributed by atoms with E-state index in [9.17, 15) is 9.18 Å². The van der Waals surface area contributed by atoms with Crippen LogP contribution < -0.4 is 5.32 Å². The fraction of sp³-hybridized carbons (Fsp3) is 0.188. The Hall–Kier alpha value is -4.65. The summed E-state index contributed by atoms with van der Waals surface area (Å²) in [5.74, 6) is 0.549. The SMILES string of the molecule is CCc1nn(-c2ccccc2)c2c1CN(C(=O)Nc1cc(C)ccc1C)C(c1cccc(F)c1)c1cccn1-2. The average Bonchev–Trinajstić information content (AvgIpc) is 3.52. The Morgan fingerprint density at radius 2 is 1.82 bits per heavy atom. The van der Waals surface area contributed by atoms with E-state index in [1.807, 2.05) is 91.5 Å². The summed E-state index contributed by atoms with van der Waals surface area (Å²) in [6, 6.07) is 25.7. The van der Waals surface area contributed by atoms with Crippen molar-refractivity contribution in [1.82, 2.24) is 19.2 Å². The maximum Gasteiger partial charge on any atom is 0.322 e. The fourth-order valence-electron chi connectivity index (χ4n) is 5.43. The van der Waals surface area contributed by atoms with Gasteiger partial charge in [-0.25, -0.2) is 13.9 Å². The maximum atomic E-state index is 14.6. The van der Waals surface area contributed by atoms with Crippen molar-refractivity contribution in [1.29, 1.82) is 0 Å². The molecular weight excluding hydrogens is 489 g/mol. The van der Waals surface area contributed by atoms with Gasteiger partial charge >= 0.3 is 6.03 Å². The molecule has 0 aliphatic carbocycles. The number of nitrogens with zero attached hydrogens (tertiary/aromatic N) is 4. The molecule has 1 aliphatic heterocycles. The van der Waals surface area contributed by atoms with Crippen LogP contribution in [0.2, 0.25) is 0 Å². The van der Waals surface area contributed by atoms with Gasteiger partial charge in [-0.15, -0.1) is 0 Å². The molecule has 0 saturated carbocycles. The lowest BCUT2D eigenvalue weighted by Gasteiger charge is -2.31. The van der Waals surface area contributed by atoms with Crippen LogP contribution in [0, 0.1) is 19.7 Å². The first-order valence-corrected chi connectivity index (χ1v) is 13.2. The number of amides is 2. The summed E-state index contributed by atoms with van der Waals surface area (Å²) in [7, 11) is 0. The van der Waals surface area contributed by atoms with Crippen molar-refractivity contribution in [2.24, 2.45) is 0 Å². The molecule has 0 saturated heterocycles. The zero-order chi connectivity index (χ0) is 27.1. The van der Waals surface area contributed by atoms with E-state index in [0.29, 0.717) is 18.5 Å². The Morgan fingerprint density at radius 3 is 2.59 bits per heavy atom. The molecule has 2 aromatic heterocycles. The molecule has 3 aromatic carbocycles. The number of carbonyl (C=O) groups is 1. The van der Waals surface area contributed by atoms with Gasteiger partial charge in [-0.3, -0.25) is 0 Å². The van der Waals surface area contributed by atoms with Crippen molar-refractivity contribution < 1.29 is 9.18 Å². The molecule has 3 heterocycles. The number of carbonyl (C=O) groups excluding carboxylic acids is 1. The second-order valence-electron chi connectivity index (χ2n) is 9.99. The monoisotopic (exact) mass is 519 g/mol. The molecule has 7 heteroatoms. The Labute approximate surface area is 227 Å². The second kappa shape index (κ2) is 9.91. The third kappa shape index (κ3) is 4.40. The van der Waals surface area contributed by atoms with Crippen molar-refractivity contribution in [3.63, 3.8) is 0 Å². The minimum absolute atomic E-state index is 0.256. The van der Waals surface area contributed by atoms with E-state index in [1.165, 1.54) is 12.1 Å². The third-order valence-electron chi connectivity index (χ3n) is 7.36. The van der Waals surface area contributed by atoms with E-state index in [-0.39, 0.29) is 11.8 Å². The highest BCUT2D eigenvalue weighted by atomic mass is 19.1. The second-order valence-corrected chi connectivity index (χ2v) is 9.99. The molecule has 0 fully saturated rings. The van der Waals surface area contributed by atoms with Crippen molar-refractivity contribution >= 4 is 11.7 Å². The van der Waals surface area contributed by atoms with Crippen LogP contribution in [0.5, 0.6) is 0 Å². The average molecular weight is 520 g/mol. The molecular formula is C32H30FN5O. The van der Waals surface area contributed by atoms with Crippen molar-refractivity contribution in [3.8, 4) is 11.5 Å². The lowest BCUT2D eigenvalue weighted by Crippen LogP contribution is -2.38. The van der Waals surface area contributed by atoms with Crippen molar-refractivity contribution in [3.05, 3.63) is 131 Å². The number of aryl methyl sites for hydroxylation is 3. The standard InChI is InChI=1S/C32H30FN5O/c1-4-27-26-20-37(32(39)34-28-18-21(2)15-16-22(28)3)30(23-10-8-11-24(33)19-23)29-14-9-17-36(29)31(26)38(35-27)25-12-6-5-7-13-25/h5-19,30H,4,20H2,1-3H3,(H,34,39). The Bertz CT molecular complexity index is 1670. The number of hydrogen-bond acceptors (Lipinski definition) is 2. The number of hydrogen-bond donors (Lipinski definition) is 1. The highest BCUT2D eigenvalue weighted by molar-refractivity contribution is 5.91. The molecule has 0 bridgehead atoms. The van der Waals surface area contributed by atoms with Crippen LogP contribution in [0.1, 0.15) is 46.6 Å². The third-order valence-corrected chi connectivity index (χ3v) is 7.36. The van der Waals surface area contributed by atoms with Crippen molar-refractivity contribution in [2.75, 3.05) is 5.32 Å². The first-order chi connectivity index (χ1) is 18.9. The highest BCUT2D eigenvalue weighted by Gasteiger charge is 2.36. The van der Waals surface area contributed by atoms with Gasteiger partial charge in [0.2, 0.25) is 0 Å². The minimum atomic E-state index is -0.526. The Morgan fingerprint density at radius 1 is 1.00 bits per heavy atom. The summed E-state index contributed by atoms with van der Waals surface area (Å²) in [6.07, 6.45) is 2.70. The lowest BCUT2D eigenvalue weighted by molar-refractivity contribution is 0.194. The highest BCUT2D eigenvalue weighted by Crippen LogP contribution is 2.39. The first kappa shape index (κ1) is 24.7. The predicted molar refractivity (Wildman–Crippen MR) is 151 cm³/mol. The van der Waals surface area contributed by atoms with Gasteiger partial charge < -0.3 is 14.8 Å². The number of nitrogens with one attached hydrogen (secondary N) is 1. The number of rotatable bonds is 4. The molecule has 5 aromatic rings. The summed E-state index contributed by atoms with van der Waals surface area (Å²) >= 11 is 0. The quantitative estimate of drug-likeness (QED) is 0.275. The van der Waals surface area contributed by atoms with E-state index in [2.05, 4.69) is 16.8 Å². The molecule has 1 atom stereocenters. The van der Waals surface area contributed by atoms with Gasteiger partial charge in [-0.05, 0) is 79.4 Å². The number of halogens is 1. The number of fused-ring (bicyclic) bond motifs is 3. The first-order valence-electron chi connectivity index (χ1n) is 13.2. The summed E-state index contributed by atoms with van der Waals surface area (Å²) in [5.41, 5.74) is 7.16. The molecule has 39 heavy (non-hydrogen) atoms. The largest absolute Gasteiger partial charge is 0.322 e. The topological polar surface area (TPSA) is 55.1 Å². The summed E-state index contributed by atoms with van der Waals surface area (Å²) in [4.78, 5) is 16.0. The molecule has 196 valence electrons. The van der Waals surface area contributed by atoms with E-state index >= 15 is 0 Å². The van der Waals surface area contributed by atoms with Crippen LogP contribution in [0.15, 0.2) is 91.1 Å². The molecule has 0 radical (unpaired) electrons. The lowest BCUT2D eigenvalue weighted by atomic mass is 10.0. The number of anilines is 1. The van der Waals surface area contributed by atoms with Crippen LogP contribution in [0.4, 0.5) is 14.9 Å². The van der Waals surface area contributed by atoms with Crippen LogP contribution in [-0.4, -0.2) is 25.3 Å². The molecule has 1 aliphatic rings. The number of para-hydroxylation sites is 1. The van der Waals surface area contributed by atoms with E-state index in [0.717, 1.165) is 45.3 Å². The summed E-state index contributed by atoms with van der Waals surface area (Å²) in [5, 5.41) is 8.14. The van der Waals surface area contributed by atoms with Crippen LogP contribution in [0.3, 0.4) is 0 Å². The number of urea groups is 1. The molecule has 2 amide bonds. The van der Waals surface area contributed by atoms with Crippen LogP contribution >= 0.6 is 0 Å². The molecule has 6 nitrogen and oxygen atoms in total. The van der Waals surface area contributed by atoms with E-state index in [1.54, 1.807) is 11.0 Å². The Kier molecular flexibility index (Phi) is 6.27. The van der Waals surface area contributed by atoms with Gasteiger partial charge in [0, 0.05) is 17.4 Å². The minimum Gasteiger partial charge on any atom is -0.308 e. The van der Waals surface area contributed by atoms with E-state index in [4.69, 9.17) is 5.10 Å². The molecule has 1 N–H and O–H groups in total. The van der Waals surface area contributed by atoms with Gasteiger partial charge in [-0.1, -0.05) is 49.4 Å². The van der Waals surface area contributed by atoms with Gasteiger partial charge in [0.05, 0.1) is 29.7 Å². The van der Waals surface area contributed by atoms with Gasteiger partial charge in [0.25, 0.3) is 0 Å². The zero-order valence-corrected chi connectivity index (χ0v) is 22.2. The summed E-state index contributed by atoms with van der Waals surface area (Å²) < 4.78 is 18.6. The van der Waals surface area contributed by atoms with E-state index < -0.39 is 6.04 Å². The summed E-state index contributed by atoms with van der Waals surface area (Å²) in [6.45, 7) is 6.36. The van der Waals surface area contributed by atoms with Crippen molar-refractivity contribution in [2.45, 2.75) is 39.8 Å². The van der Waals surface area contributed by atoms with Gasteiger partial charge in [-0.2, -0.15) is 5.10 Å². The predicted octanol–water partition coefficient (Wildman–Crippen LogP) is 7.12. The zero-order valence-electron chi connectivity index (χ0n) is 22.2. The smallest absolute Gasteiger partial charge is 0.308 e. The normalized spacial score (nSPS) is 14.5. The van der Waals surface area contributed by atoms with Gasteiger partial charge in [0.1, 0.15) is 11.6 Å². The Balaban J connectivity index is 1.56. The fourth-order valence-corrected chi connectivity index (χ4v) is 5.43. The molecule has 6 rings (SSSR count). The van der Waals surface area contributed by atoms with Crippen LogP contribution in [-0.2, 0) is 13.0 Å². The molecule has 1 unspecified atom stereocenters. The number of aromatic nitrogens is 3. The van der Waals surface area contributed by atoms with Gasteiger partial charge in [0.15, 0.2) is 0 Å².